The topological polar surface area (TPSA) is 88.0 Å². The fourth-order valence-electron chi connectivity index (χ4n) is 3.58. The number of rotatable bonds is 6. The van der Waals surface area contributed by atoms with Gasteiger partial charge in [0.05, 0.1) is 0 Å². The number of benzene rings is 4. The fraction of sp³-hybridized carbons (Fsp3) is 0.100. The van der Waals surface area contributed by atoms with E-state index in [0.717, 1.165) is 55.5 Å². The number of amidine groups is 1. The van der Waals surface area contributed by atoms with Crippen LogP contribution in [0.25, 0.3) is 16.8 Å². The summed E-state index contributed by atoms with van der Waals surface area (Å²) in [4.78, 5) is 26.8. The number of thioether (sulfide) groups is 1. The third-order valence-electron chi connectivity index (χ3n) is 5.70. The molecule has 4 aromatic carbocycles. The molecule has 0 unspecified atom stereocenters. The summed E-state index contributed by atoms with van der Waals surface area (Å²) in [6, 6.07) is 27.9. The van der Waals surface area contributed by atoms with Crippen molar-refractivity contribution in [2.24, 2.45) is 4.99 Å². The van der Waals surface area contributed by atoms with E-state index in [1.807, 2.05) is 78.9 Å². The van der Waals surface area contributed by atoms with E-state index in [1.54, 1.807) is 6.92 Å². The minimum atomic E-state index is -0.745. The Morgan fingerprint density at radius 3 is 2.33 bits per heavy atom. The Morgan fingerprint density at radius 1 is 1.05 bits per heavy atom. The smallest absolute Gasteiger partial charge is 0.0843 e. The Morgan fingerprint density at radius 2 is 1.69 bits per heavy atom. The summed E-state index contributed by atoms with van der Waals surface area (Å²) < 4.78 is 7.50. The molecule has 4 aromatic rings. The molecule has 6 nitrogen and oxygen atoms in total. The monoisotopic (exact) mass is 566 g/mol. The van der Waals surface area contributed by atoms with E-state index in [1.165, 1.54) is 14.6 Å². The summed E-state index contributed by atoms with van der Waals surface area (Å²) in [5.41, 5.74) is 2.76. The SMILES string of the molecule is CCC(=O)O.O=C1N=C(Nc2cc[c]([Na])cc2)SC1=Cc1cc2ccccc2cc1OCc1ccc(Cl)cc1. The van der Waals surface area contributed by atoms with Gasteiger partial charge in [-0.2, -0.15) is 0 Å². The first-order chi connectivity index (χ1) is 18.8. The van der Waals surface area contributed by atoms with Gasteiger partial charge < -0.3 is 5.11 Å². The zero-order valence-corrected chi connectivity index (χ0v) is 25.1. The summed E-state index contributed by atoms with van der Waals surface area (Å²) in [6.45, 7) is 1.99. The van der Waals surface area contributed by atoms with Crippen LogP contribution in [0, 0.1) is 0 Å². The van der Waals surface area contributed by atoms with Crippen molar-refractivity contribution >= 4 is 93.7 Å². The van der Waals surface area contributed by atoms with E-state index in [0.29, 0.717) is 27.5 Å². The summed E-state index contributed by atoms with van der Waals surface area (Å²) in [7, 11) is 0. The van der Waals surface area contributed by atoms with E-state index in [4.69, 9.17) is 21.4 Å². The Balaban J connectivity index is 0.000000648. The number of halogens is 1. The van der Waals surface area contributed by atoms with Crippen molar-refractivity contribution in [2.75, 3.05) is 5.32 Å². The first kappa shape index (κ1) is 28.9. The van der Waals surface area contributed by atoms with E-state index < -0.39 is 5.97 Å². The normalized spacial score (nSPS) is 13.6. The molecule has 1 aliphatic rings. The molecule has 192 valence electrons. The molecule has 0 aromatic heterocycles. The Kier molecular flexibility index (Phi) is 10.3. The molecule has 0 atom stereocenters. The number of amides is 1. The number of carboxylic acid groups (broad SMARTS) is 1. The first-order valence-electron chi connectivity index (χ1n) is 12.3. The van der Waals surface area contributed by atoms with Gasteiger partial charge in [-0.3, -0.25) is 4.79 Å². The van der Waals surface area contributed by atoms with Crippen molar-refractivity contribution in [3.8, 4) is 5.75 Å². The van der Waals surface area contributed by atoms with Gasteiger partial charge in [-0.15, -0.1) is 0 Å². The maximum absolute atomic E-state index is 12.7. The molecular formula is C30H24ClN2NaO4S. The van der Waals surface area contributed by atoms with E-state index in [9.17, 15) is 9.59 Å². The number of aliphatic carboxylic acids is 1. The summed E-state index contributed by atoms with van der Waals surface area (Å²) in [5.74, 6) is -0.299. The number of ether oxygens (including phenoxy) is 1. The number of hydrogen-bond acceptors (Lipinski definition) is 5. The minimum Gasteiger partial charge on any atom is -0.0843 e. The van der Waals surface area contributed by atoms with Crippen LogP contribution in [0.15, 0.2) is 94.8 Å². The third kappa shape index (κ3) is 8.46. The molecule has 0 fully saturated rings. The van der Waals surface area contributed by atoms with Crippen molar-refractivity contribution in [1.29, 1.82) is 0 Å². The Bertz CT molecular complexity index is 1550. The molecule has 0 saturated carbocycles. The molecule has 9 heteroatoms. The van der Waals surface area contributed by atoms with Crippen LogP contribution in [0.4, 0.5) is 5.69 Å². The molecule has 0 aliphatic carbocycles. The molecule has 39 heavy (non-hydrogen) atoms. The molecule has 2 N–H and O–H groups in total. The number of carboxylic acids is 1. The van der Waals surface area contributed by atoms with Crippen LogP contribution in [-0.4, -0.2) is 50.1 Å². The average molecular weight is 567 g/mol. The molecule has 0 radical (unpaired) electrons. The Labute approximate surface area is 253 Å². The van der Waals surface area contributed by atoms with Crippen LogP contribution < -0.4 is 12.9 Å². The van der Waals surface area contributed by atoms with Gasteiger partial charge in [-0.1, -0.05) is 54.9 Å². The van der Waals surface area contributed by atoms with Crippen LogP contribution in [0.5, 0.6) is 5.75 Å². The average Bonchev–Trinajstić information content (AvgIpc) is 3.28. The maximum atomic E-state index is 12.7. The molecule has 0 bridgehead atoms. The van der Waals surface area contributed by atoms with Gasteiger partial charge in [-0.25, -0.2) is 0 Å². The second-order valence-electron chi connectivity index (χ2n) is 8.72. The predicted octanol–water partition coefficient (Wildman–Crippen LogP) is 6.43. The number of carbonyl (C=O) groups excluding carboxylic acids is 1. The van der Waals surface area contributed by atoms with Gasteiger partial charge in [0.2, 0.25) is 0 Å². The second kappa shape index (κ2) is 13.8. The molecule has 1 amide bonds. The van der Waals surface area contributed by atoms with Crippen LogP contribution in [0.2, 0.25) is 5.02 Å². The van der Waals surface area contributed by atoms with Gasteiger partial charge in [0.25, 0.3) is 0 Å². The number of aliphatic imine (C=N–C) groups is 1. The minimum absolute atomic E-state index is 0.222. The predicted molar refractivity (Wildman–Crippen MR) is 161 cm³/mol. The van der Waals surface area contributed by atoms with Gasteiger partial charge >= 0.3 is 149 Å². The summed E-state index contributed by atoms with van der Waals surface area (Å²) in [6.07, 6.45) is 2.08. The summed E-state index contributed by atoms with van der Waals surface area (Å²) in [5, 5.41) is 14.4. The van der Waals surface area contributed by atoms with Crippen LogP contribution >= 0.6 is 23.4 Å². The van der Waals surface area contributed by atoms with E-state index in [-0.39, 0.29) is 12.3 Å². The molecule has 0 spiro atoms. The third-order valence-corrected chi connectivity index (χ3v) is 7.52. The second-order valence-corrected chi connectivity index (χ2v) is 11.3. The van der Waals surface area contributed by atoms with Crippen LogP contribution in [0.1, 0.15) is 24.5 Å². The molecule has 1 heterocycles. The first-order valence-corrected chi connectivity index (χ1v) is 14.5. The number of nitrogens with one attached hydrogen (secondary N) is 1. The Hall–Kier alpha value is -3.07. The van der Waals surface area contributed by atoms with Crippen molar-refractivity contribution < 1.29 is 19.4 Å². The fourth-order valence-corrected chi connectivity index (χ4v) is 4.86. The van der Waals surface area contributed by atoms with Gasteiger partial charge in [0.1, 0.15) is 6.61 Å². The van der Waals surface area contributed by atoms with E-state index >= 15 is 0 Å². The van der Waals surface area contributed by atoms with Crippen molar-refractivity contribution in [3.63, 3.8) is 0 Å². The summed E-state index contributed by atoms with van der Waals surface area (Å²) >= 11 is 8.34. The number of hydrogen-bond donors (Lipinski definition) is 2. The number of fused-ring (bicyclic) bond motifs is 1. The van der Waals surface area contributed by atoms with Crippen molar-refractivity contribution in [3.05, 3.63) is 106 Å². The quantitative estimate of drug-likeness (QED) is 0.207. The molecule has 0 saturated heterocycles. The molecule has 5 rings (SSSR count). The van der Waals surface area contributed by atoms with Crippen molar-refractivity contribution in [2.45, 2.75) is 20.0 Å². The van der Waals surface area contributed by atoms with E-state index in [2.05, 4.69) is 22.4 Å². The standard InChI is InChI=1S/C27H18ClN2O2S.C3H6O2.Na/c28-22-12-10-18(11-13-22)17-32-24-15-20-7-5-4-6-19(20)14-21(24)16-25-26(31)30-27(33-25)29-23-8-2-1-3-9-23;1-2-3(4)5;/h2-16H,17H2,(H,29,30,31);2H2,1H3,(H,4,5);. The zero-order chi connectivity index (χ0) is 27.8. The zero-order valence-electron chi connectivity index (χ0n) is 21.5. The van der Waals surface area contributed by atoms with Gasteiger partial charge in [0, 0.05) is 11.4 Å². The van der Waals surface area contributed by atoms with Crippen LogP contribution in [-0.2, 0) is 16.2 Å². The number of carbonyl (C=O) groups is 2. The molecule has 1 aliphatic heterocycles. The van der Waals surface area contributed by atoms with Gasteiger partial charge in [-0.05, 0) is 23.1 Å². The van der Waals surface area contributed by atoms with Gasteiger partial charge in [0.15, 0.2) is 0 Å². The number of anilines is 1. The van der Waals surface area contributed by atoms with Crippen molar-refractivity contribution in [1.82, 2.24) is 0 Å². The molecular weight excluding hydrogens is 543 g/mol. The number of nitrogens with zero attached hydrogens (tertiary/aromatic N) is 1. The van der Waals surface area contributed by atoms with Crippen LogP contribution in [0.3, 0.4) is 0 Å².